The minimum absolute atomic E-state index is 0.246. The standard InChI is InChI=1S/C29H29F3/c1-3-5-7-24-18-23-16-17-25(28(31)26(23)29(32)27(24)30)22-14-12-21(13-15-22)20-10-8-19(6-4-2)9-11-20/h3-4,6,12-20H,1,5,7-11H2,2H3/b6-4+. The lowest BCUT2D eigenvalue weighted by Crippen LogP contribution is -2.11. The molecule has 0 unspecified atom stereocenters. The fourth-order valence-electron chi connectivity index (χ4n) is 4.95. The number of hydrogen-bond acceptors (Lipinski definition) is 0. The Kier molecular flexibility index (Phi) is 6.83. The topological polar surface area (TPSA) is 0 Å². The molecule has 4 rings (SSSR count). The van der Waals surface area contributed by atoms with Crippen LogP contribution >= 0.6 is 0 Å². The van der Waals surface area contributed by atoms with E-state index in [-0.39, 0.29) is 16.5 Å². The molecule has 32 heavy (non-hydrogen) atoms. The summed E-state index contributed by atoms with van der Waals surface area (Å²) in [5.74, 6) is -1.61. The summed E-state index contributed by atoms with van der Waals surface area (Å²) in [7, 11) is 0. The molecular weight excluding hydrogens is 405 g/mol. The lowest BCUT2D eigenvalue weighted by Gasteiger charge is -2.27. The summed E-state index contributed by atoms with van der Waals surface area (Å²) in [5.41, 5.74) is 2.47. The SMILES string of the molecule is C=CCCc1cc2ccc(-c3ccc(C4CCC(/C=C/C)CC4)cc3)c(F)c2c(F)c1F. The van der Waals surface area contributed by atoms with Crippen LogP contribution < -0.4 is 0 Å². The van der Waals surface area contributed by atoms with E-state index in [4.69, 9.17) is 0 Å². The normalized spacial score (nSPS) is 19.0. The van der Waals surface area contributed by atoms with Gasteiger partial charge in [0.05, 0.1) is 5.39 Å². The van der Waals surface area contributed by atoms with E-state index in [2.05, 4.69) is 37.8 Å². The van der Waals surface area contributed by atoms with Crippen LogP contribution in [0.5, 0.6) is 0 Å². The van der Waals surface area contributed by atoms with Crippen molar-refractivity contribution >= 4 is 10.8 Å². The Labute approximate surface area is 188 Å². The highest BCUT2D eigenvalue weighted by Gasteiger charge is 2.22. The molecule has 0 radical (unpaired) electrons. The van der Waals surface area contributed by atoms with Crippen molar-refractivity contribution in [1.82, 2.24) is 0 Å². The summed E-state index contributed by atoms with van der Waals surface area (Å²) in [4.78, 5) is 0. The Bertz CT molecular complexity index is 1130. The van der Waals surface area contributed by atoms with Crippen molar-refractivity contribution in [2.24, 2.45) is 5.92 Å². The quantitative estimate of drug-likeness (QED) is 0.340. The minimum atomic E-state index is -1.12. The number of halogens is 3. The number of aryl methyl sites for hydroxylation is 1. The summed E-state index contributed by atoms with van der Waals surface area (Å²) in [6.45, 7) is 5.69. The third kappa shape index (κ3) is 4.39. The molecule has 166 valence electrons. The maximum atomic E-state index is 15.3. The first-order valence-corrected chi connectivity index (χ1v) is 11.5. The molecule has 0 N–H and O–H groups in total. The first-order valence-electron chi connectivity index (χ1n) is 11.5. The number of hydrogen-bond donors (Lipinski definition) is 0. The summed E-state index contributed by atoms with van der Waals surface area (Å²) in [5, 5.41) is 0.0902. The first kappa shape index (κ1) is 22.4. The summed E-state index contributed by atoms with van der Waals surface area (Å²) < 4.78 is 44.6. The van der Waals surface area contributed by atoms with Crippen LogP contribution in [-0.4, -0.2) is 0 Å². The number of allylic oxidation sites excluding steroid dienone is 3. The second-order valence-corrected chi connectivity index (χ2v) is 8.78. The summed E-state index contributed by atoms with van der Waals surface area (Å²) in [6, 6.07) is 12.8. The highest BCUT2D eigenvalue weighted by atomic mass is 19.2. The molecule has 1 saturated carbocycles. The lowest BCUT2D eigenvalue weighted by molar-refractivity contribution is 0.376. The zero-order valence-electron chi connectivity index (χ0n) is 18.5. The molecule has 0 nitrogen and oxygen atoms in total. The van der Waals surface area contributed by atoms with Gasteiger partial charge in [-0.2, -0.15) is 0 Å². The van der Waals surface area contributed by atoms with Gasteiger partial charge in [-0.25, -0.2) is 13.2 Å². The van der Waals surface area contributed by atoms with Crippen molar-refractivity contribution in [3.05, 3.63) is 95.9 Å². The van der Waals surface area contributed by atoms with Gasteiger partial charge in [-0.1, -0.05) is 54.6 Å². The Morgan fingerprint density at radius 2 is 1.62 bits per heavy atom. The van der Waals surface area contributed by atoms with E-state index in [1.165, 1.54) is 24.5 Å². The Morgan fingerprint density at radius 3 is 2.28 bits per heavy atom. The average Bonchev–Trinajstić information content (AvgIpc) is 2.81. The molecule has 1 fully saturated rings. The fourth-order valence-corrected chi connectivity index (χ4v) is 4.95. The van der Waals surface area contributed by atoms with Crippen LogP contribution in [0.2, 0.25) is 0 Å². The highest BCUT2D eigenvalue weighted by Crippen LogP contribution is 2.38. The zero-order chi connectivity index (χ0) is 22.7. The zero-order valence-corrected chi connectivity index (χ0v) is 18.5. The molecule has 3 heteroatoms. The Balaban J connectivity index is 1.62. The predicted octanol–water partition coefficient (Wildman–Crippen LogP) is 8.89. The van der Waals surface area contributed by atoms with Crippen molar-refractivity contribution in [1.29, 1.82) is 0 Å². The molecule has 0 atom stereocenters. The Morgan fingerprint density at radius 1 is 0.906 bits per heavy atom. The van der Waals surface area contributed by atoms with Crippen molar-refractivity contribution in [2.45, 2.75) is 51.4 Å². The molecular formula is C29H29F3. The summed E-state index contributed by atoms with van der Waals surface area (Å²) in [6.07, 6.45) is 11.6. The summed E-state index contributed by atoms with van der Waals surface area (Å²) >= 11 is 0. The van der Waals surface area contributed by atoms with E-state index in [0.29, 0.717) is 35.6 Å². The van der Waals surface area contributed by atoms with Crippen LogP contribution in [0.15, 0.2) is 67.3 Å². The monoisotopic (exact) mass is 434 g/mol. The molecule has 0 amide bonds. The molecule has 3 aromatic rings. The molecule has 0 bridgehead atoms. The molecule has 0 aliphatic heterocycles. The van der Waals surface area contributed by atoms with Crippen molar-refractivity contribution in [2.75, 3.05) is 0 Å². The van der Waals surface area contributed by atoms with Crippen LogP contribution in [0.3, 0.4) is 0 Å². The molecule has 0 spiro atoms. The van der Waals surface area contributed by atoms with E-state index < -0.39 is 17.5 Å². The smallest absolute Gasteiger partial charge is 0.169 e. The van der Waals surface area contributed by atoms with Gasteiger partial charge in [0.1, 0.15) is 5.82 Å². The molecule has 0 heterocycles. The van der Waals surface area contributed by atoms with E-state index in [1.54, 1.807) is 18.2 Å². The third-order valence-electron chi connectivity index (χ3n) is 6.75. The number of fused-ring (bicyclic) bond motifs is 1. The fraction of sp³-hybridized carbons (Fsp3) is 0.310. The van der Waals surface area contributed by atoms with Crippen molar-refractivity contribution in [3.8, 4) is 11.1 Å². The lowest BCUT2D eigenvalue weighted by atomic mass is 9.78. The van der Waals surface area contributed by atoms with Gasteiger partial charge in [-0.3, -0.25) is 0 Å². The van der Waals surface area contributed by atoms with Crippen LogP contribution in [0.25, 0.3) is 21.9 Å². The van der Waals surface area contributed by atoms with Crippen molar-refractivity contribution in [3.63, 3.8) is 0 Å². The molecule has 1 aliphatic rings. The Hall–Kier alpha value is -2.81. The molecule has 1 aliphatic carbocycles. The van der Waals surface area contributed by atoms with Crippen molar-refractivity contribution < 1.29 is 13.2 Å². The van der Waals surface area contributed by atoms with Crippen LogP contribution in [0.4, 0.5) is 13.2 Å². The van der Waals surface area contributed by atoms with E-state index in [1.807, 2.05) is 12.1 Å². The second kappa shape index (κ2) is 9.77. The number of rotatable bonds is 6. The largest absolute Gasteiger partial charge is 0.206 e. The van der Waals surface area contributed by atoms with Crippen LogP contribution in [0, 0.1) is 23.4 Å². The van der Waals surface area contributed by atoms with Gasteiger partial charge in [-0.15, -0.1) is 6.58 Å². The van der Waals surface area contributed by atoms with E-state index in [9.17, 15) is 8.78 Å². The minimum Gasteiger partial charge on any atom is -0.206 e. The predicted molar refractivity (Wildman–Crippen MR) is 127 cm³/mol. The van der Waals surface area contributed by atoms with Gasteiger partial charge in [0, 0.05) is 5.56 Å². The van der Waals surface area contributed by atoms with E-state index >= 15 is 4.39 Å². The average molecular weight is 435 g/mol. The molecule has 0 aromatic heterocycles. The van der Waals surface area contributed by atoms with E-state index in [0.717, 1.165) is 12.8 Å². The van der Waals surface area contributed by atoms with Crippen LogP contribution in [0.1, 0.15) is 56.1 Å². The van der Waals surface area contributed by atoms with Gasteiger partial charge >= 0.3 is 0 Å². The van der Waals surface area contributed by atoms with Gasteiger partial charge in [0.25, 0.3) is 0 Å². The van der Waals surface area contributed by atoms with Gasteiger partial charge < -0.3 is 0 Å². The van der Waals surface area contributed by atoms with Gasteiger partial charge in [0.15, 0.2) is 11.6 Å². The maximum absolute atomic E-state index is 15.3. The van der Waals surface area contributed by atoms with Gasteiger partial charge in [-0.05, 0) is 85.4 Å². The highest BCUT2D eigenvalue weighted by molar-refractivity contribution is 5.89. The molecule has 3 aromatic carbocycles. The molecule has 0 saturated heterocycles. The van der Waals surface area contributed by atoms with Crippen LogP contribution in [-0.2, 0) is 6.42 Å². The number of benzene rings is 3. The first-order chi connectivity index (χ1) is 15.5. The maximum Gasteiger partial charge on any atom is 0.169 e. The third-order valence-corrected chi connectivity index (χ3v) is 6.75. The second-order valence-electron chi connectivity index (χ2n) is 8.78. The van der Waals surface area contributed by atoms with Gasteiger partial charge in [0.2, 0.25) is 0 Å².